The van der Waals surface area contributed by atoms with Gasteiger partial charge in [-0.15, -0.1) is 0 Å². The predicted molar refractivity (Wildman–Crippen MR) is 512 cm³/mol. The highest BCUT2D eigenvalue weighted by atomic mass is 16.7. The third-order valence-corrected chi connectivity index (χ3v) is 25.0. The van der Waals surface area contributed by atoms with E-state index in [0.717, 1.165) is 208 Å². The lowest BCUT2D eigenvalue weighted by Gasteiger charge is -2.26. The van der Waals surface area contributed by atoms with E-state index in [4.69, 9.17) is 63.4 Å². The SMILES string of the molecule is CN(C)CCCc1ccc(Cc2nc3cccc(-c4ccc5occc5c4)n3n2)cc1.CNCCCc1ccc(Cc2nc3cccc(-c4ccc5c(c4)OCO5)n3n2)cc1.c1cc(-c2ccc3c(c2)CCO3)n2nc(Cc3ccc(CCCN4CCCCC4)cc3)nc2c1.c1cc(-c2ccc3occc3c2)n2nc(Cc3ccc(CCCN4CCCCC4)cc3)nc2c1. The molecule has 0 unspecified atom stereocenters. The number of likely N-dealkylation sites (tertiary alicyclic amines) is 2. The molecule has 10 aromatic heterocycles. The zero-order valence-corrected chi connectivity index (χ0v) is 74.2. The Morgan fingerprint density at radius 2 is 0.705 bits per heavy atom. The van der Waals surface area contributed by atoms with Gasteiger partial charge in [-0.3, -0.25) is 0 Å². The summed E-state index contributed by atoms with van der Waals surface area (Å²) >= 11 is 0. The van der Waals surface area contributed by atoms with Crippen molar-refractivity contribution in [3.8, 4) is 62.3 Å². The second-order valence-electron chi connectivity index (χ2n) is 34.8. The molecule has 0 aliphatic carbocycles. The van der Waals surface area contributed by atoms with Crippen LogP contribution in [0.3, 0.4) is 0 Å². The van der Waals surface area contributed by atoms with E-state index >= 15 is 0 Å². The van der Waals surface area contributed by atoms with Crippen molar-refractivity contribution in [2.45, 2.75) is 122 Å². The first-order chi connectivity index (χ1) is 63.6. The van der Waals surface area contributed by atoms with Gasteiger partial charge in [-0.25, -0.2) is 38.0 Å². The quantitative estimate of drug-likeness (QED) is 0.0454. The molecule has 8 aromatic carbocycles. The first kappa shape index (κ1) is 85.0. The van der Waals surface area contributed by atoms with E-state index in [9.17, 15) is 0 Å². The van der Waals surface area contributed by atoms with Crippen molar-refractivity contribution in [1.29, 1.82) is 0 Å². The van der Waals surface area contributed by atoms with Gasteiger partial charge in [0.2, 0.25) is 6.79 Å². The number of nitrogens with one attached hydrogen (secondary N) is 1. The second-order valence-corrected chi connectivity index (χ2v) is 34.8. The van der Waals surface area contributed by atoms with E-state index in [0.29, 0.717) is 6.42 Å². The van der Waals surface area contributed by atoms with Crippen LogP contribution in [0.15, 0.2) is 276 Å². The third kappa shape index (κ3) is 21.2. The molecule has 0 atom stereocenters. The Labute approximate surface area is 753 Å². The van der Waals surface area contributed by atoms with Crippen molar-refractivity contribution < 1.29 is 23.0 Å². The number of piperidine rings is 2. The second kappa shape index (κ2) is 40.7. The van der Waals surface area contributed by atoms with Gasteiger partial charge in [0.25, 0.3) is 0 Å². The number of hydrogen-bond donors (Lipinski definition) is 1. The van der Waals surface area contributed by atoms with Crippen LogP contribution < -0.4 is 19.5 Å². The summed E-state index contributed by atoms with van der Waals surface area (Å²) in [5.74, 6) is 5.89. The minimum Gasteiger partial charge on any atom is -0.493 e. The number of furan rings is 2. The lowest BCUT2D eigenvalue weighted by Crippen LogP contribution is -2.30. The number of rotatable bonds is 28. The van der Waals surface area contributed by atoms with E-state index in [1.165, 1.54) is 147 Å². The number of nitrogens with zero attached hydrogens (tertiary/aromatic N) is 15. The van der Waals surface area contributed by atoms with Gasteiger partial charge >= 0.3 is 0 Å². The van der Waals surface area contributed by atoms with Crippen molar-refractivity contribution in [3.05, 3.63) is 341 Å². The van der Waals surface area contributed by atoms with Crippen LogP contribution in [-0.2, 0) is 57.8 Å². The van der Waals surface area contributed by atoms with Crippen LogP contribution in [0.4, 0.5) is 0 Å². The molecular formula is C108H112N16O5. The predicted octanol–water partition coefficient (Wildman–Crippen LogP) is 20.6. The average molecular weight is 1710 g/mol. The lowest BCUT2D eigenvalue weighted by molar-refractivity contribution is 0.174. The molecule has 2 saturated heterocycles. The fourth-order valence-corrected chi connectivity index (χ4v) is 18.1. The number of benzene rings is 8. The average Bonchev–Trinajstić information content (AvgIpc) is 1.67. The van der Waals surface area contributed by atoms with Crippen LogP contribution in [0, 0.1) is 0 Å². The molecule has 18 aromatic rings. The van der Waals surface area contributed by atoms with Gasteiger partial charge < -0.3 is 43.1 Å². The maximum atomic E-state index is 5.67. The minimum absolute atomic E-state index is 0.269. The molecule has 0 amide bonds. The summed E-state index contributed by atoms with van der Waals surface area (Å²) in [6, 6.07) is 88.9. The third-order valence-electron chi connectivity index (χ3n) is 25.0. The molecule has 0 bridgehead atoms. The highest BCUT2D eigenvalue weighted by Gasteiger charge is 2.22. The fourth-order valence-electron chi connectivity index (χ4n) is 18.1. The number of fused-ring (bicyclic) bond motifs is 8. The van der Waals surface area contributed by atoms with E-state index in [1.54, 1.807) is 12.5 Å². The highest BCUT2D eigenvalue weighted by Crippen LogP contribution is 2.37. The summed E-state index contributed by atoms with van der Waals surface area (Å²) in [7, 11) is 6.22. The Morgan fingerprint density at radius 3 is 1.12 bits per heavy atom. The maximum absolute atomic E-state index is 5.67. The summed E-state index contributed by atoms with van der Waals surface area (Å²) < 4.78 is 35.3. The number of aromatic nitrogens is 12. The van der Waals surface area contributed by atoms with Crippen molar-refractivity contribution >= 4 is 44.5 Å². The van der Waals surface area contributed by atoms with Crippen LogP contribution >= 0.6 is 0 Å². The van der Waals surface area contributed by atoms with Gasteiger partial charge in [0.05, 0.1) is 41.9 Å². The van der Waals surface area contributed by atoms with E-state index in [1.807, 2.05) is 116 Å². The monoisotopic (exact) mass is 1710 g/mol. The Hall–Kier alpha value is -13.4. The summed E-state index contributed by atoms with van der Waals surface area (Å²) in [5.41, 5.74) is 25.5. The summed E-state index contributed by atoms with van der Waals surface area (Å²) in [4.78, 5) is 26.6. The van der Waals surface area contributed by atoms with Crippen molar-refractivity contribution in [2.24, 2.45) is 0 Å². The molecule has 129 heavy (non-hydrogen) atoms. The number of hydrogen-bond acceptors (Lipinski definition) is 17. The minimum atomic E-state index is 0.269. The van der Waals surface area contributed by atoms with Crippen molar-refractivity contribution in [3.63, 3.8) is 0 Å². The van der Waals surface area contributed by atoms with Crippen LogP contribution in [0.1, 0.15) is 138 Å². The molecule has 4 aliphatic rings. The number of ether oxygens (including phenoxy) is 3. The molecule has 0 radical (unpaired) electrons. The zero-order chi connectivity index (χ0) is 87.0. The lowest BCUT2D eigenvalue weighted by atomic mass is 10.0. The Kier molecular flexibility index (Phi) is 26.8. The molecule has 2 fully saturated rings. The van der Waals surface area contributed by atoms with Crippen LogP contribution in [0.25, 0.3) is 89.6 Å². The normalized spacial score (nSPS) is 13.9. The Balaban J connectivity index is 0.000000112. The summed E-state index contributed by atoms with van der Waals surface area (Å²) in [5, 5.41) is 24.7. The highest BCUT2D eigenvalue weighted by molar-refractivity contribution is 5.84. The first-order valence-electron chi connectivity index (χ1n) is 46.1. The molecule has 21 heteroatoms. The standard InChI is InChI=1S/C29H32N4O.C29H30N4O.C26H26N4O.C24H24N4O2/c2*1-2-16-32(17-3-1)18-5-6-22-9-11-23(12-10-22)20-28-30-29-8-4-7-26(33(29)31-28)24-13-14-27-25(21-24)15-19-34-27;1-29(2)15-4-5-19-8-10-20(11-9-19)17-25-27-26-7-3-6-23(30(26)28-25)21-12-13-24-22(18-21)14-16-31-24;1-25-13-3-4-17-7-9-18(10-8-17)14-23-26-24-6-2-5-20(28(24)27-23)19-11-12-21-22(15-19)30-16-29-21/h4,7-14,21H,1-3,5-6,15-20H2;4,7-15,19,21H,1-3,5-6,16-18,20H2;3,6-14,16,18H,4-5,15,17H2,1-2H3;2,5-12,15,25H,3-4,13-14,16H2,1H3. The zero-order valence-electron chi connectivity index (χ0n) is 74.2. The van der Waals surface area contributed by atoms with Gasteiger partial charge in [0.1, 0.15) is 16.9 Å². The van der Waals surface area contributed by atoms with Crippen LogP contribution in [0.2, 0.25) is 0 Å². The van der Waals surface area contributed by atoms with Gasteiger partial charge in [-0.2, -0.15) is 20.4 Å². The largest absolute Gasteiger partial charge is 0.493 e. The fraction of sp³-hybridized carbons (Fsp3) is 0.296. The molecule has 14 heterocycles. The van der Waals surface area contributed by atoms with E-state index < -0.39 is 0 Å². The molecule has 22 rings (SSSR count). The first-order valence-corrected chi connectivity index (χ1v) is 46.1. The van der Waals surface area contributed by atoms with Crippen LogP contribution in [0.5, 0.6) is 17.2 Å². The van der Waals surface area contributed by atoms with Crippen LogP contribution in [-0.4, -0.2) is 160 Å². The molecule has 4 aliphatic heterocycles. The molecule has 1 N–H and O–H groups in total. The Bertz CT molecular complexity index is 6770. The van der Waals surface area contributed by atoms with E-state index in [2.05, 4.69) is 198 Å². The van der Waals surface area contributed by atoms with Gasteiger partial charge in [-0.1, -0.05) is 134 Å². The van der Waals surface area contributed by atoms with E-state index in [-0.39, 0.29) is 6.79 Å². The molecular weight excluding hydrogens is 1600 g/mol. The van der Waals surface area contributed by atoms with Gasteiger partial charge in [0.15, 0.2) is 57.4 Å². The molecule has 21 nitrogen and oxygen atoms in total. The van der Waals surface area contributed by atoms with Gasteiger partial charge in [0, 0.05) is 65.1 Å². The summed E-state index contributed by atoms with van der Waals surface area (Å²) in [6.07, 6.45) is 24.9. The smallest absolute Gasteiger partial charge is 0.231 e. The maximum Gasteiger partial charge on any atom is 0.231 e. The van der Waals surface area contributed by atoms with Gasteiger partial charge in [-0.05, 0) is 334 Å². The molecule has 0 saturated carbocycles. The molecule has 0 spiro atoms. The number of aryl methyl sites for hydroxylation is 4. The van der Waals surface area contributed by atoms with Crippen molar-refractivity contribution in [1.82, 2.24) is 78.4 Å². The summed E-state index contributed by atoms with van der Waals surface area (Å²) in [6.45, 7) is 10.8. The Morgan fingerprint density at radius 1 is 0.341 bits per heavy atom. The topological polar surface area (TPSA) is 196 Å². The van der Waals surface area contributed by atoms with Crippen molar-refractivity contribution in [2.75, 3.05) is 86.9 Å². The number of pyridine rings is 4. The molecule has 654 valence electrons.